The van der Waals surface area contributed by atoms with Crippen LogP contribution in [0.25, 0.3) is 10.9 Å². The maximum absolute atomic E-state index is 12.6. The number of aliphatic hydroxyl groups excluding tert-OH is 1. The summed E-state index contributed by atoms with van der Waals surface area (Å²) in [6.07, 6.45) is 1.83. The van der Waals surface area contributed by atoms with Crippen LogP contribution >= 0.6 is 15.9 Å². The van der Waals surface area contributed by atoms with Crippen molar-refractivity contribution >= 4 is 26.8 Å². The zero-order chi connectivity index (χ0) is 17.4. The molecule has 1 atom stereocenters. The fourth-order valence-electron chi connectivity index (χ4n) is 2.85. The van der Waals surface area contributed by atoms with E-state index in [1.165, 1.54) is 0 Å². The first-order valence-corrected chi connectivity index (χ1v) is 8.58. The maximum atomic E-state index is 12.6. The first-order valence-electron chi connectivity index (χ1n) is 7.79. The SMILES string of the molecule is CCOc1cc(Br)cc2c(=O)c(C)cn(C(CO)C(C)(C)C)c12. The standard InChI is InChI=1S/C18H24BrNO3/c1-6-23-14-8-12(19)7-13-16(14)20(9-11(2)17(13)22)15(10-21)18(3,4)5/h7-9,15,21H,6,10H2,1-5H3. The Labute approximate surface area is 145 Å². The van der Waals surface area contributed by atoms with Gasteiger partial charge in [-0.25, -0.2) is 0 Å². The summed E-state index contributed by atoms with van der Waals surface area (Å²) < 4.78 is 8.57. The molecule has 1 N–H and O–H groups in total. The molecule has 0 spiro atoms. The number of benzene rings is 1. The molecule has 0 aliphatic heterocycles. The molecule has 1 heterocycles. The van der Waals surface area contributed by atoms with E-state index in [4.69, 9.17) is 4.74 Å². The van der Waals surface area contributed by atoms with E-state index in [9.17, 15) is 9.90 Å². The quantitative estimate of drug-likeness (QED) is 0.868. The lowest BCUT2D eigenvalue weighted by molar-refractivity contribution is 0.139. The number of hydrogen-bond donors (Lipinski definition) is 1. The van der Waals surface area contributed by atoms with Crippen LogP contribution in [0.2, 0.25) is 0 Å². The predicted octanol–water partition coefficient (Wildman–Crippen LogP) is 4.05. The smallest absolute Gasteiger partial charge is 0.192 e. The van der Waals surface area contributed by atoms with Crippen molar-refractivity contribution in [2.24, 2.45) is 5.41 Å². The van der Waals surface area contributed by atoms with E-state index in [0.717, 1.165) is 9.99 Å². The molecule has 0 aliphatic rings. The zero-order valence-corrected chi connectivity index (χ0v) is 15.9. The number of halogens is 1. The highest BCUT2D eigenvalue weighted by Gasteiger charge is 2.28. The number of aromatic nitrogens is 1. The normalized spacial score (nSPS) is 13.3. The summed E-state index contributed by atoms with van der Waals surface area (Å²) in [7, 11) is 0. The summed E-state index contributed by atoms with van der Waals surface area (Å²) in [6, 6.07) is 3.53. The van der Waals surface area contributed by atoms with Crippen LogP contribution in [0.5, 0.6) is 5.75 Å². The second-order valence-corrected chi connectivity index (χ2v) is 7.76. The molecule has 23 heavy (non-hydrogen) atoms. The van der Waals surface area contributed by atoms with E-state index >= 15 is 0 Å². The Morgan fingerprint density at radius 1 is 1.35 bits per heavy atom. The van der Waals surface area contributed by atoms with Crippen molar-refractivity contribution in [3.8, 4) is 5.75 Å². The first kappa shape index (κ1) is 18.0. The highest BCUT2D eigenvalue weighted by atomic mass is 79.9. The first-order chi connectivity index (χ1) is 10.7. The van der Waals surface area contributed by atoms with Gasteiger partial charge in [0, 0.05) is 16.2 Å². The average Bonchev–Trinajstić information content (AvgIpc) is 2.43. The average molecular weight is 382 g/mol. The van der Waals surface area contributed by atoms with E-state index in [1.807, 2.05) is 29.8 Å². The molecule has 2 rings (SSSR count). The molecule has 0 radical (unpaired) electrons. The number of ether oxygens (including phenoxy) is 1. The Balaban J connectivity index is 2.94. The second kappa shape index (κ2) is 6.65. The molecule has 1 aromatic carbocycles. The Bertz CT molecular complexity index is 774. The molecule has 2 aromatic rings. The van der Waals surface area contributed by atoms with Gasteiger partial charge >= 0.3 is 0 Å². The van der Waals surface area contributed by atoms with Crippen LogP contribution in [-0.2, 0) is 0 Å². The van der Waals surface area contributed by atoms with Crippen molar-refractivity contribution in [3.05, 3.63) is 38.6 Å². The highest BCUT2D eigenvalue weighted by molar-refractivity contribution is 9.10. The van der Waals surface area contributed by atoms with Gasteiger partial charge in [-0.3, -0.25) is 4.79 Å². The van der Waals surface area contributed by atoms with Gasteiger partial charge in [-0.05, 0) is 31.4 Å². The Morgan fingerprint density at radius 2 is 2.00 bits per heavy atom. The Morgan fingerprint density at radius 3 is 2.52 bits per heavy atom. The van der Waals surface area contributed by atoms with E-state index in [1.54, 1.807) is 6.92 Å². The monoisotopic (exact) mass is 381 g/mol. The molecule has 1 unspecified atom stereocenters. The molecule has 0 aliphatic carbocycles. The second-order valence-electron chi connectivity index (χ2n) is 6.85. The molecular formula is C18H24BrNO3. The van der Waals surface area contributed by atoms with Crippen molar-refractivity contribution in [1.82, 2.24) is 4.57 Å². The van der Waals surface area contributed by atoms with Crippen LogP contribution in [0.1, 0.15) is 39.3 Å². The van der Waals surface area contributed by atoms with Crippen LogP contribution in [0.15, 0.2) is 27.6 Å². The van der Waals surface area contributed by atoms with E-state index in [-0.39, 0.29) is 23.5 Å². The van der Waals surface area contributed by atoms with Gasteiger partial charge in [-0.15, -0.1) is 0 Å². The largest absolute Gasteiger partial charge is 0.492 e. The summed E-state index contributed by atoms with van der Waals surface area (Å²) in [5.41, 5.74) is 1.21. The van der Waals surface area contributed by atoms with Crippen LogP contribution < -0.4 is 10.2 Å². The highest BCUT2D eigenvalue weighted by Crippen LogP contribution is 2.36. The minimum absolute atomic E-state index is 0.0101. The third-order valence-electron chi connectivity index (χ3n) is 4.04. The third kappa shape index (κ3) is 3.45. The molecular weight excluding hydrogens is 358 g/mol. The molecule has 4 nitrogen and oxygen atoms in total. The lowest BCUT2D eigenvalue weighted by Crippen LogP contribution is -2.29. The van der Waals surface area contributed by atoms with Crippen molar-refractivity contribution in [2.75, 3.05) is 13.2 Å². The minimum Gasteiger partial charge on any atom is -0.492 e. The Kier molecular flexibility index (Phi) is 5.21. The predicted molar refractivity (Wildman–Crippen MR) is 97.4 cm³/mol. The molecule has 1 aromatic heterocycles. The minimum atomic E-state index is -0.167. The van der Waals surface area contributed by atoms with Crippen LogP contribution in [-0.4, -0.2) is 22.9 Å². The summed E-state index contributed by atoms with van der Waals surface area (Å²) >= 11 is 3.45. The number of aliphatic hydroxyl groups is 1. The number of fused-ring (bicyclic) bond motifs is 1. The fourth-order valence-corrected chi connectivity index (χ4v) is 3.29. The molecule has 126 valence electrons. The van der Waals surface area contributed by atoms with Gasteiger partial charge in [-0.1, -0.05) is 36.7 Å². The number of nitrogens with zero attached hydrogens (tertiary/aromatic N) is 1. The van der Waals surface area contributed by atoms with Gasteiger partial charge in [0.15, 0.2) is 5.43 Å². The van der Waals surface area contributed by atoms with Gasteiger partial charge < -0.3 is 14.4 Å². The number of rotatable bonds is 4. The molecule has 0 bridgehead atoms. The lowest BCUT2D eigenvalue weighted by Gasteiger charge is -2.33. The van der Waals surface area contributed by atoms with Gasteiger partial charge in [0.25, 0.3) is 0 Å². The van der Waals surface area contributed by atoms with Crippen molar-refractivity contribution in [3.63, 3.8) is 0 Å². The van der Waals surface area contributed by atoms with Gasteiger partial charge in [0.2, 0.25) is 0 Å². The molecule has 0 saturated carbocycles. The fraction of sp³-hybridized carbons (Fsp3) is 0.500. The van der Waals surface area contributed by atoms with Crippen LogP contribution in [0, 0.1) is 12.3 Å². The van der Waals surface area contributed by atoms with Crippen molar-refractivity contribution in [2.45, 2.75) is 40.7 Å². The number of hydrogen-bond acceptors (Lipinski definition) is 3. The summed E-state index contributed by atoms with van der Waals surface area (Å²) in [6.45, 7) is 10.4. The zero-order valence-electron chi connectivity index (χ0n) is 14.3. The van der Waals surface area contributed by atoms with E-state index in [0.29, 0.717) is 23.3 Å². The Hall–Kier alpha value is -1.33. The van der Waals surface area contributed by atoms with Gasteiger partial charge in [0.05, 0.1) is 30.2 Å². The topological polar surface area (TPSA) is 51.5 Å². The number of pyridine rings is 1. The van der Waals surface area contributed by atoms with Crippen LogP contribution in [0.4, 0.5) is 0 Å². The maximum Gasteiger partial charge on any atom is 0.192 e. The molecule has 0 amide bonds. The lowest BCUT2D eigenvalue weighted by atomic mass is 9.86. The molecule has 0 fully saturated rings. The molecule has 5 heteroatoms. The number of aryl methyl sites for hydroxylation is 1. The van der Waals surface area contributed by atoms with E-state index in [2.05, 4.69) is 36.7 Å². The summed E-state index contributed by atoms with van der Waals surface area (Å²) in [4.78, 5) is 12.6. The van der Waals surface area contributed by atoms with E-state index < -0.39 is 0 Å². The summed E-state index contributed by atoms with van der Waals surface area (Å²) in [5.74, 6) is 0.650. The van der Waals surface area contributed by atoms with Gasteiger partial charge in [0.1, 0.15) is 5.75 Å². The third-order valence-corrected chi connectivity index (χ3v) is 4.50. The summed E-state index contributed by atoms with van der Waals surface area (Å²) in [5, 5.41) is 10.6. The molecule has 0 saturated heterocycles. The van der Waals surface area contributed by atoms with Gasteiger partial charge in [-0.2, -0.15) is 0 Å². The van der Waals surface area contributed by atoms with Crippen LogP contribution in [0.3, 0.4) is 0 Å². The van der Waals surface area contributed by atoms with Crippen molar-refractivity contribution in [1.29, 1.82) is 0 Å². The van der Waals surface area contributed by atoms with Crippen molar-refractivity contribution < 1.29 is 9.84 Å².